The summed E-state index contributed by atoms with van der Waals surface area (Å²) in [7, 11) is -3.54. The van der Waals surface area contributed by atoms with Gasteiger partial charge in [-0.1, -0.05) is 32.8 Å². The minimum Gasteiger partial charge on any atom is -0.508 e. The Bertz CT molecular complexity index is 497. The van der Waals surface area contributed by atoms with Crippen LogP contribution in [0.25, 0.3) is 0 Å². The zero-order valence-electron chi connectivity index (χ0n) is 11.8. The normalized spacial score (nSPS) is 13.7. The zero-order valence-corrected chi connectivity index (χ0v) is 12.6. The van der Waals surface area contributed by atoms with Crippen molar-refractivity contribution in [1.29, 1.82) is 0 Å². The number of phenols is 1. The van der Waals surface area contributed by atoms with Crippen LogP contribution in [0.15, 0.2) is 29.2 Å². The van der Waals surface area contributed by atoms with E-state index in [0.29, 0.717) is 5.92 Å². The van der Waals surface area contributed by atoms with Gasteiger partial charge in [-0.05, 0) is 37.5 Å². The molecule has 1 aromatic carbocycles. The third kappa shape index (κ3) is 5.61. The molecule has 4 nitrogen and oxygen atoms in total. The van der Waals surface area contributed by atoms with Crippen LogP contribution in [0, 0.1) is 5.92 Å². The second-order valence-corrected chi connectivity index (χ2v) is 7.06. The number of hydrogen-bond donors (Lipinski definition) is 2. The molecule has 5 heteroatoms. The summed E-state index contributed by atoms with van der Waals surface area (Å²) in [6, 6.07) is 5.59. The second-order valence-electron chi connectivity index (χ2n) is 5.34. The average Bonchev–Trinajstić information content (AvgIpc) is 2.27. The Morgan fingerprint density at radius 3 is 2.47 bits per heavy atom. The van der Waals surface area contributed by atoms with E-state index in [0.717, 1.165) is 19.3 Å². The molecule has 0 saturated carbocycles. The van der Waals surface area contributed by atoms with Crippen molar-refractivity contribution in [3.05, 3.63) is 24.3 Å². The molecule has 1 unspecified atom stereocenters. The Kier molecular flexibility index (Phi) is 5.82. The molecule has 0 radical (unpaired) electrons. The van der Waals surface area contributed by atoms with E-state index in [-0.39, 0.29) is 16.7 Å². The van der Waals surface area contributed by atoms with Gasteiger partial charge in [0, 0.05) is 6.04 Å². The number of aromatic hydroxyl groups is 1. The smallest absolute Gasteiger partial charge is 0.240 e. The maximum absolute atomic E-state index is 12.1. The van der Waals surface area contributed by atoms with Crippen molar-refractivity contribution >= 4 is 10.0 Å². The first-order valence-corrected chi connectivity index (χ1v) is 8.11. The van der Waals surface area contributed by atoms with Gasteiger partial charge in [-0.25, -0.2) is 13.1 Å². The largest absolute Gasteiger partial charge is 0.508 e. The Morgan fingerprint density at radius 1 is 1.21 bits per heavy atom. The topological polar surface area (TPSA) is 66.4 Å². The Labute approximate surface area is 115 Å². The lowest BCUT2D eigenvalue weighted by Gasteiger charge is -2.15. The Balaban J connectivity index is 2.59. The molecule has 0 aliphatic carbocycles. The van der Waals surface area contributed by atoms with Gasteiger partial charge in [0.25, 0.3) is 0 Å². The zero-order chi connectivity index (χ0) is 14.5. The van der Waals surface area contributed by atoms with Gasteiger partial charge in [0.2, 0.25) is 10.0 Å². The SMILES string of the molecule is CC(C)CCCC(C)NS(=O)(=O)c1cccc(O)c1. The quantitative estimate of drug-likeness (QED) is 0.809. The van der Waals surface area contributed by atoms with Gasteiger partial charge in [0.15, 0.2) is 0 Å². The molecule has 0 aromatic heterocycles. The first-order chi connectivity index (χ1) is 8.81. The molecule has 1 aromatic rings. The van der Waals surface area contributed by atoms with Crippen LogP contribution in [-0.2, 0) is 10.0 Å². The number of benzene rings is 1. The Morgan fingerprint density at radius 2 is 1.89 bits per heavy atom. The lowest BCUT2D eigenvalue weighted by molar-refractivity contribution is 0.471. The van der Waals surface area contributed by atoms with E-state index in [2.05, 4.69) is 18.6 Å². The molecule has 2 N–H and O–H groups in total. The fourth-order valence-corrected chi connectivity index (χ4v) is 3.19. The van der Waals surface area contributed by atoms with Crippen LogP contribution < -0.4 is 4.72 Å². The number of nitrogens with one attached hydrogen (secondary N) is 1. The molecule has 1 rings (SSSR count). The van der Waals surface area contributed by atoms with Crippen molar-refractivity contribution in [3.8, 4) is 5.75 Å². The molecule has 0 bridgehead atoms. The molecule has 0 aliphatic heterocycles. The molecule has 0 fully saturated rings. The predicted octanol–water partition coefficient (Wildman–Crippen LogP) is 2.89. The molecular weight excluding hydrogens is 262 g/mol. The summed E-state index contributed by atoms with van der Waals surface area (Å²) in [6.45, 7) is 6.17. The van der Waals surface area contributed by atoms with Crippen molar-refractivity contribution in [3.63, 3.8) is 0 Å². The van der Waals surface area contributed by atoms with Crippen LogP contribution in [0.3, 0.4) is 0 Å². The van der Waals surface area contributed by atoms with E-state index in [4.69, 9.17) is 0 Å². The van der Waals surface area contributed by atoms with Gasteiger partial charge < -0.3 is 5.11 Å². The molecule has 108 valence electrons. The van der Waals surface area contributed by atoms with E-state index in [9.17, 15) is 13.5 Å². The summed E-state index contributed by atoms with van der Waals surface area (Å²) in [4.78, 5) is 0.100. The van der Waals surface area contributed by atoms with Crippen LogP contribution in [0.4, 0.5) is 0 Å². The monoisotopic (exact) mass is 285 g/mol. The summed E-state index contributed by atoms with van der Waals surface area (Å²) >= 11 is 0. The molecule has 0 amide bonds. The van der Waals surface area contributed by atoms with Crippen molar-refractivity contribution < 1.29 is 13.5 Å². The fraction of sp³-hybridized carbons (Fsp3) is 0.571. The average molecular weight is 285 g/mol. The highest BCUT2D eigenvalue weighted by Crippen LogP contribution is 2.17. The number of sulfonamides is 1. The standard InChI is InChI=1S/C14H23NO3S/c1-11(2)6-4-7-12(3)15-19(17,18)14-9-5-8-13(16)10-14/h5,8-12,15-16H,4,6-7H2,1-3H3. The summed E-state index contributed by atoms with van der Waals surface area (Å²) in [5.41, 5.74) is 0. The summed E-state index contributed by atoms with van der Waals surface area (Å²) < 4.78 is 26.8. The van der Waals surface area contributed by atoms with Gasteiger partial charge in [-0.3, -0.25) is 0 Å². The Hall–Kier alpha value is -1.07. The van der Waals surface area contributed by atoms with Crippen LogP contribution in [0.1, 0.15) is 40.0 Å². The number of rotatable bonds is 7. The lowest BCUT2D eigenvalue weighted by atomic mass is 10.0. The molecule has 0 aliphatic rings. The molecule has 0 spiro atoms. The highest BCUT2D eigenvalue weighted by molar-refractivity contribution is 7.89. The van der Waals surface area contributed by atoms with Gasteiger partial charge in [0.1, 0.15) is 5.75 Å². The molecular formula is C14H23NO3S. The van der Waals surface area contributed by atoms with E-state index >= 15 is 0 Å². The van der Waals surface area contributed by atoms with E-state index in [1.54, 1.807) is 0 Å². The van der Waals surface area contributed by atoms with Crippen molar-refractivity contribution in [2.24, 2.45) is 5.92 Å². The predicted molar refractivity (Wildman–Crippen MR) is 76.6 cm³/mol. The van der Waals surface area contributed by atoms with E-state index in [1.165, 1.54) is 24.3 Å². The van der Waals surface area contributed by atoms with Crippen LogP contribution in [0.5, 0.6) is 5.75 Å². The van der Waals surface area contributed by atoms with E-state index in [1.807, 2.05) is 6.92 Å². The molecule has 19 heavy (non-hydrogen) atoms. The van der Waals surface area contributed by atoms with Crippen LogP contribution in [0.2, 0.25) is 0 Å². The maximum atomic E-state index is 12.1. The first kappa shape index (κ1) is 16.0. The second kappa shape index (κ2) is 6.91. The molecule has 1 atom stereocenters. The summed E-state index contributed by atoms with van der Waals surface area (Å²) in [5, 5.41) is 9.32. The molecule has 0 saturated heterocycles. The van der Waals surface area contributed by atoms with Crippen molar-refractivity contribution in [2.45, 2.75) is 51.0 Å². The van der Waals surface area contributed by atoms with Gasteiger partial charge >= 0.3 is 0 Å². The van der Waals surface area contributed by atoms with Gasteiger partial charge in [-0.2, -0.15) is 0 Å². The first-order valence-electron chi connectivity index (χ1n) is 6.62. The number of hydrogen-bond acceptors (Lipinski definition) is 3. The minimum absolute atomic E-state index is 0.0460. The molecule has 0 heterocycles. The highest BCUT2D eigenvalue weighted by Gasteiger charge is 2.17. The van der Waals surface area contributed by atoms with Crippen molar-refractivity contribution in [2.75, 3.05) is 0 Å². The van der Waals surface area contributed by atoms with Crippen molar-refractivity contribution in [1.82, 2.24) is 4.72 Å². The maximum Gasteiger partial charge on any atom is 0.240 e. The summed E-state index contributed by atoms with van der Waals surface area (Å²) in [6.07, 6.45) is 2.91. The minimum atomic E-state index is -3.54. The number of phenolic OH excluding ortho intramolecular Hbond substituents is 1. The van der Waals surface area contributed by atoms with Gasteiger partial charge in [-0.15, -0.1) is 0 Å². The lowest BCUT2D eigenvalue weighted by Crippen LogP contribution is -2.32. The third-order valence-corrected chi connectivity index (χ3v) is 4.49. The van der Waals surface area contributed by atoms with Gasteiger partial charge in [0.05, 0.1) is 4.90 Å². The van der Waals surface area contributed by atoms with E-state index < -0.39 is 10.0 Å². The summed E-state index contributed by atoms with van der Waals surface area (Å²) in [5.74, 6) is 0.588. The fourth-order valence-electron chi connectivity index (χ4n) is 1.87. The van der Waals surface area contributed by atoms with Crippen LogP contribution >= 0.6 is 0 Å². The van der Waals surface area contributed by atoms with Crippen LogP contribution in [-0.4, -0.2) is 19.6 Å². The third-order valence-electron chi connectivity index (χ3n) is 2.90. The highest BCUT2D eigenvalue weighted by atomic mass is 32.2.